The molecule has 1 aromatic heterocycles. The molecule has 0 aliphatic carbocycles. The van der Waals surface area contributed by atoms with E-state index in [9.17, 15) is 4.79 Å². The van der Waals surface area contributed by atoms with Crippen LogP contribution in [0, 0.1) is 5.92 Å². The summed E-state index contributed by atoms with van der Waals surface area (Å²) < 4.78 is 10.4. The normalized spacial score (nSPS) is 27.4. The average Bonchev–Trinajstić information content (AvgIpc) is 2.70. The van der Waals surface area contributed by atoms with Crippen molar-refractivity contribution in [1.82, 2.24) is 0 Å². The predicted octanol–water partition coefficient (Wildman–Crippen LogP) is 1.83. The Morgan fingerprint density at radius 2 is 2.43 bits per heavy atom. The van der Waals surface area contributed by atoms with Gasteiger partial charge in [-0.15, -0.1) is 0 Å². The van der Waals surface area contributed by atoms with E-state index in [0.717, 1.165) is 12.0 Å². The first-order chi connectivity index (χ1) is 6.79. The third kappa shape index (κ3) is 1.65. The number of rotatable bonds is 2. The van der Waals surface area contributed by atoms with Gasteiger partial charge in [-0.05, 0) is 18.9 Å². The number of hydrogen-bond acceptors (Lipinski definition) is 3. The Morgan fingerprint density at radius 3 is 3.07 bits per heavy atom. The first-order valence-corrected chi connectivity index (χ1v) is 4.65. The van der Waals surface area contributed by atoms with Crippen molar-refractivity contribution in [3.63, 3.8) is 0 Å². The van der Waals surface area contributed by atoms with Crippen LogP contribution < -0.4 is 0 Å². The van der Waals surface area contributed by atoms with E-state index in [2.05, 4.69) is 0 Å². The standard InChI is InChI=1S/C10H12O4/c11-10(12)8-2-1-4-14-9(8)7-3-5-13-6-7/h3,5-6,8-9H,1-2,4H2,(H,11,12). The van der Waals surface area contributed by atoms with Gasteiger partial charge >= 0.3 is 5.97 Å². The second-order valence-electron chi connectivity index (χ2n) is 3.44. The van der Waals surface area contributed by atoms with Crippen molar-refractivity contribution in [2.24, 2.45) is 5.92 Å². The van der Waals surface area contributed by atoms with E-state index >= 15 is 0 Å². The lowest BCUT2D eigenvalue weighted by atomic mass is 9.91. The minimum absolute atomic E-state index is 0.347. The highest BCUT2D eigenvalue weighted by Gasteiger charge is 2.33. The van der Waals surface area contributed by atoms with Gasteiger partial charge in [0.05, 0.1) is 24.5 Å². The number of carboxylic acid groups (broad SMARTS) is 1. The zero-order chi connectivity index (χ0) is 9.97. The topological polar surface area (TPSA) is 59.7 Å². The summed E-state index contributed by atoms with van der Waals surface area (Å²) in [4.78, 5) is 10.9. The molecule has 1 aliphatic heterocycles. The van der Waals surface area contributed by atoms with Crippen molar-refractivity contribution in [2.45, 2.75) is 18.9 Å². The third-order valence-electron chi connectivity index (χ3n) is 2.51. The molecule has 76 valence electrons. The maximum atomic E-state index is 10.9. The first-order valence-electron chi connectivity index (χ1n) is 4.65. The number of furan rings is 1. The molecule has 1 aliphatic rings. The summed E-state index contributed by atoms with van der Waals surface area (Å²) in [5.41, 5.74) is 0.817. The number of aliphatic carboxylic acids is 1. The Labute approximate surface area is 81.5 Å². The van der Waals surface area contributed by atoms with Crippen molar-refractivity contribution >= 4 is 5.97 Å². The van der Waals surface area contributed by atoms with Gasteiger partial charge in [-0.1, -0.05) is 0 Å². The van der Waals surface area contributed by atoms with E-state index < -0.39 is 11.9 Å². The van der Waals surface area contributed by atoms with Crippen molar-refractivity contribution in [3.8, 4) is 0 Å². The zero-order valence-corrected chi connectivity index (χ0v) is 7.68. The summed E-state index contributed by atoms with van der Waals surface area (Å²) in [6.45, 7) is 0.625. The lowest BCUT2D eigenvalue weighted by molar-refractivity contribution is -0.151. The molecule has 2 unspecified atom stereocenters. The lowest BCUT2D eigenvalue weighted by Gasteiger charge is -2.27. The summed E-state index contributed by atoms with van der Waals surface area (Å²) in [6, 6.07) is 1.76. The SMILES string of the molecule is O=C(O)C1CCCOC1c1ccoc1. The van der Waals surface area contributed by atoms with Crippen LogP contribution in [0.2, 0.25) is 0 Å². The minimum Gasteiger partial charge on any atom is -0.481 e. The van der Waals surface area contributed by atoms with Gasteiger partial charge in [0, 0.05) is 12.2 Å². The molecule has 2 atom stereocenters. The Kier molecular flexibility index (Phi) is 2.54. The molecule has 14 heavy (non-hydrogen) atoms. The molecule has 1 aromatic rings. The van der Waals surface area contributed by atoms with Crippen LogP contribution in [0.15, 0.2) is 23.0 Å². The monoisotopic (exact) mass is 196 g/mol. The molecule has 1 fully saturated rings. The Bertz CT molecular complexity index is 304. The highest BCUT2D eigenvalue weighted by atomic mass is 16.5. The molecule has 4 heteroatoms. The second kappa shape index (κ2) is 3.84. The van der Waals surface area contributed by atoms with E-state index in [-0.39, 0.29) is 6.10 Å². The van der Waals surface area contributed by atoms with Gasteiger partial charge in [-0.2, -0.15) is 0 Å². The fourth-order valence-electron chi connectivity index (χ4n) is 1.80. The summed E-state index contributed by atoms with van der Waals surface area (Å²) >= 11 is 0. The van der Waals surface area contributed by atoms with Gasteiger partial charge in [0.1, 0.15) is 0 Å². The predicted molar refractivity (Wildman–Crippen MR) is 47.8 cm³/mol. The first kappa shape index (κ1) is 9.27. The quantitative estimate of drug-likeness (QED) is 0.783. The molecular formula is C10H12O4. The van der Waals surface area contributed by atoms with E-state index in [4.69, 9.17) is 14.3 Å². The van der Waals surface area contributed by atoms with Crippen molar-refractivity contribution in [2.75, 3.05) is 6.61 Å². The molecule has 0 bridgehead atoms. The van der Waals surface area contributed by atoms with Crippen LogP contribution in [0.4, 0.5) is 0 Å². The summed E-state index contributed by atoms with van der Waals surface area (Å²) in [7, 11) is 0. The molecule has 1 saturated heterocycles. The number of hydrogen-bond donors (Lipinski definition) is 1. The van der Waals surface area contributed by atoms with Gasteiger partial charge in [-0.25, -0.2) is 0 Å². The molecule has 2 heterocycles. The Morgan fingerprint density at radius 1 is 1.57 bits per heavy atom. The van der Waals surface area contributed by atoms with Crippen LogP contribution >= 0.6 is 0 Å². The maximum Gasteiger partial charge on any atom is 0.309 e. The van der Waals surface area contributed by atoms with Crippen LogP contribution in [0.5, 0.6) is 0 Å². The van der Waals surface area contributed by atoms with E-state index in [0.29, 0.717) is 13.0 Å². The Hall–Kier alpha value is -1.29. The highest BCUT2D eigenvalue weighted by molar-refractivity contribution is 5.71. The van der Waals surface area contributed by atoms with Gasteiger partial charge in [0.15, 0.2) is 0 Å². The third-order valence-corrected chi connectivity index (χ3v) is 2.51. The maximum absolute atomic E-state index is 10.9. The fourth-order valence-corrected chi connectivity index (χ4v) is 1.80. The average molecular weight is 196 g/mol. The van der Waals surface area contributed by atoms with Gasteiger partial charge in [-0.3, -0.25) is 4.79 Å². The van der Waals surface area contributed by atoms with Crippen LogP contribution in [0.25, 0.3) is 0 Å². The summed E-state index contributed by atoms with van der Waals surface area (Å²) in [6.07, 6.45) is 4.22. The van der Waals surface area contributed by atoms with Gasteiger partial charge in [0.25, 0.3) is 0 Å². The molecular weight excluding hydrogens is 184 g/mol. The number of carboxylic acids is 1. The van der Waals surface area contributed by atoms with Gasteiger partial charge < -0.3 is 14.3 Å². The molecule has 4 nitrogen and oxygen atoms in total. The van der Waals surface area contributed by atoms with Gasteiger partial charge in [0.2, 0.25) is 0 Å². The van der Waals surface area contributed by atoms with Crippen LogP contribution in [0.1, 0.15) is 24.5 Å². The van der Waals surface area contributed by atoms with Crippen LogP contribution in [0.3, 0.4) is 0 Å². The van der Waals surface area contributed by atoms with Crippen molar-refractivity contribution in [1.29, 1.82) is 0 Å². The summed E-state index contributed by atoms with van der Waals surface area (Å²) in [5.74, 6) is -1.24. The smallest absolute Gasteiger partial charge is 0.309 e. The molecule has 2 rings (SSSR count). The summed E-state index contributed by atoms with van der Waals surface area (Å²) in [5, 5.41) is 9.00. The van der Waals surface area contributed by atoms with E-state index in [1.165, 1.54) is 6.26 Å². The molecule has 0 amide bonds. The minimum atomic E-state index is -0.795. The second-order valence-corrected chi connectivity index (χ2v) is 3.44. The van der Waals surface area contributed by atoms with Crippen molar-refractivity contribution in [3.05, 3.63) is 24.2 Å². The lowest BCUT2D eigenvalue weighted by Crippen LogP contribution is -2.28. The van der Waals surface area contributed by atoms with Crippen LogP contribution in [-0.4, -0.2) is 17.7 Å². The zero-order valence-electron chi connectivity index (χ0n) is 7.68. The number of carbonyl (C=O) groups is 1. The molecule has 0 radical (unpaired) electrons. The Balaban J connectivity index is 2.18. The fraction of sp³-hybridized carbons (Fsp3) is 0.500. The number of ether oxygens (including phenoxy) is 1. The largest absolute Gasteiger partial charge is 0.481 e. The van der Waals surface area contributed by atoms with E-state index in [1.807, 2.05) is 0 Å². The van der Waals surface area contributed by atoms with E-state index in [1.54, 1.807) is 12.3 Å². The molecule has 1 N–H and O–H groups in total. The van der Waals surface area contributed by atoms with Crippen molar-refractivity contribution < 1.29 is 19.1 Å². The van der Waals surface area contributed by atoms with Crippen LogP contribution in [-0.2, 0) is 9.53 Å². The molecule has 0 spiro atoms. The molecule has 0 saturated carbocycles. The molecule has 0 aromatic carbocycles. The highest BCUT2D eigenvalue weighted by Crippen LogP contribution is 2.33.